The summed E-state index contributed by atoms with van der Waals surface area (Å²) >= 11 is 0. The highest BCUT2D eigenvalue weighted by Crippen LogP contribution is 2.30. The second-order valence-electron chi connectivity index (χ2n) is 7.00. The summed E-state index contributed by atoms with van der Waals surface area (Å²) in [5.74, 6) is 1.28. The molecule has 176 valence electrons. The standard InChI is InChI=1S/C23H28F3NO5/c1-4-11-31-18-9-6-17(13-21(18)30-3)14-27-22(28)10-7-16-5-8-19(20(12-16)29-2)32-15-23(24,25)26/h5-6,8-9,12-13H,4,7,10-11,14-15H2,1-3H3,(H,27,28). The number of hydrogen-bond donors (Lipinski definition) is 1. The van der Waals surface area contributed by atoms with Gasteiger partial charge in [0.15, 0.2) is 29.6 Å². The van der Waals surface area contributed by atoms with Crippen LogP contribution in [-0.4, -0.2) is 39.5 Å². The first-order valence-corrected chi connectivity index (χ1v) is 10.2. The molecule has 0 bridgehead atoms. The van der Waals surface area contributed by atoms with E-state index in [-0.39, 0.29) is 23.8 Å². The number of carbonyl (C=O) groups excluding carboxylic acids is 1. The maximum Gasteiger partial charge on any atom is 0.422 e. The number of carbonyl (C=O) groups is 1. The van der Waals surface area contributed by atoms with Gasteiger partial charge in [0.25, 0.3) is 0 Å². The Labute approximate surface area is 185 Å². The van der Waals surface area contributed by atoms with Crippen molar-refractivity contribution in [2.75, 3.05) is 27.4 Å². The molecule has 0 fully saturated rings. The molecule has 0 aliphatic heterocycles. The molecule has 0 heterocycles. The van der Waals surface area contributed by atoms with E-state index in [9.17, 15) is 18.0 Å². The number of rotatable bonds is 12. The molecule has 0 saturated heterocycles. The maximum absolute atomic E-state index is 12.3. The third-order valence-corrected chi connectivity index (χ3v) is 4.44. The Balaban J connectivity index is 1.87. The minimum Gasteiger partial charge on any atom is -0.493 e. The molecule has 2 aromatic carbocycles. The lowest BCUT2D eigenvalue weighted by Gasteiger charge is -2.14. The van der Waals surface area contributed by atoms with Gasteiger partial charge in [0.1, 0.15) is 0 Å². The molecule has 0 unspecified atom stereocenters. The van der Waals surface area contributed by atoms with E-state index < -0.39 is 12.8 Å². The average Bonchev–Trinajstić information content (AvgIpc) is 2.78. The Morgan fingerprint density at radius 1 is 0.906 bits per heavy atom. The fourth-order valence-electron chi connectivity index (χ4n) is 2.85. The van der Waals surface area contributed by atoms with Crippen LogP contribution in [0.5, 0.6) is 23.0 Å². The highest BCUT2D eigenvalue weighted by Gasteiger charge is 2.29. The second kappa shape index (κ2) is 12.1. The van der Waals surface area contributed by atoms with Crippen molar-refractivity contribution in [3.05, 3.63) is 47.5 Å². The lowest BCUT2D eigenvalue weighted by Crippen LogP contribution is -2.23. The molecular weight excluding hydrogens is 427 g/mol. The van der Waals surface area contributed by atoms with Gasteiger partial charge in [-0.3, -0.25) is 4.79 Å². The molecule has 1 amide bonds. The number of ether oxygens (including phenoxy) is 4. The molecule has 1 N–H and O–H groups in total. The molecule has 0 radical (unpaired) electrons. The zero-order valence-electron chi connectivity index (χ0n) is 18.4. The molecule has 0 aromatic heterocycles. The van der Waals surface area contributed by atoms with Crippen molar-refractivity contribution in [3.63, 3.8) is 0 Å². The normalized spacial score (nSPS) is 11.1. The van der Waals surface area contributed by atoms with Crippen LogP contribution >= 0.6 is 0 Å². The summed E-state index contributed by atoms with van der Waals surface area (Å²) in [4.78, 5) is 12.2. The van der Waals surface area contributed by atoms with E-state index in [0.717, 1.165) is 17.5 Å². The van der Waals surface area contributed by atoms with Crippen LogP contribution in [0.2, 0.25) is 0 Å². The zero-order chi connectivity index (χ0) is 23.6. The highest BCUT2D eigenvalue weighted by molar-refractivity contribution is 5.76. The molecule has 0 aliphatic carbocycles. The van der Waals surface area contributed by atoms with E-state index in [1.807, 2.05) is 25.1 Å². The molecule has 2 aromatic rings. The summed E-state index contributed by atoms with van der Waals surface area (Å²) in [6, 6.07) is 10.1. The summed E-state index contributed by atoms with van der Waals surface area (Å²) in [5.41, 5.74) is 1.61. The first-order chi connectivity index (χ1) is 15.3. The van der Waals surface area contributed by atoms with Gasteiger partial charge in [-0.15, -0.1) is 0 Å². The first kappa shape index (κ1) is 25.2. The van der Waals surface area contributed by atoms with Crippen molar-refractivity contribution in [2.45, 2.75) is 38.9 Å². The van der Waals surface area contributed by atoms with Crippen LogP contribution in [0.15, 0.2) is 36.4 Å². The molecule has 6 nitrogen and oxygen atoms in total. The van der Waals surface area contributed by atoms with Crippen molar-refractivity contribution < 1.29 is 36.9 Å². The van der Waals surface area contributed by atoms with Crippen molar-refractivity contribution in [3.8, 4) is 23.0 Å². The van der Waals surface area contributed by atoms with Gasteiger partial charge in [0.05, 0.1) is 20.8 Å². The minimum atomic E-state index is -4.44. The monoisotopic (exact) mass is 455 g/mol. The lowest BCUT2D eigenvalue weighted by molar-refractivity contribution is -0.153. The van der Waals surface area contributed by atoms with Gasteiger partial charge in [-0.25, -0.2) is 0 Å². The Bertz CT molecular complexity index is 886. The van der Waals surface area contributed by atoms with Crippen LogP contribution < -0.4 is 24.3 Å². The van der Waals surface area contributed by atoms with Crippen molar-refractivity contribution in [1.82, 2.24) is 5.32 Å². The van der Waals surface area contributed by atoms with Gasteiger partial charge >= 0.3 is 6.18 Å². The molecule has 0 atom stereocenters. The van der Waals surface area contributed by atoms with E-state index in [0.29, 0.717) is 31.1 Å². The average molecular weight is 455 g/mol. The summed E-state index contributed by atoms with van der Waals surface area (Å²) < 4.78 is 57.9. The van der Waals surface area contributed by atoms with Crippen LogP contribution in [0.25, 0.3) is 0 Å². The second-order valence-corrected chi connectivity index (χ2v) is 7.00. The van der Waals surface area contributed by atoms with Gasteiger partial charge in [-0.1, -0.05) is 19.1 Å². The SMILES string of the molecule is CCCOc1ccc(CNC(=O)CCc2ccc(OCC(F)(F)F)c(OC)c2)cc1OC. The van der Waals surface area contributed by atoms with Gasteiger partial charge in [0.2, 0.25) is 5.91 Å². The number of amides is 1. The number of methoxy groups -OCH3 is 2. The van der Waals surface area contributed by atoms with Crippen LogP contribution in [0.4, 0.5) is 13.2 Å². The Morgan fingerprint density at radius 3 is 2.09 bits per heavy atom. The zero-order valence-corrected chi connectivity index (χ0v) is 18.4. The molecular formula is C23H28F3NO5. The Hall–Kier alpha value is -3.10. The van der Waals surface area contributed by atoms with E-state index in [2.05, 4.69) is 5.32 Å². The quantitative estimate of drug-likeness (QED) is 0.503. The fraction of sp³-hybridized carbons (Fsp3) is 0.435. The fourth-order valence-corrected chi connectivity index (χ4v) is 2.85. The number of hydrogen-bond acceptors (Lipinski definition) is 5. The number of benzene rings is 2. The van der Waals surface area contributed by atoms with E-state index in [4.69, 9.17) is 18.9 Å². The van der Waals surface area contributed by atoms with Gasteiger partial charge < -0.3 is 24.3 Å². The highest BCUT2D eigenvalue weighted by atomic mass is 19.4. The van der Waals surface area contributed by atoms with Crippen molar-refractivity contribution >= 4 is 5.91 Å². The van der Waals surface area contributed by atoms with Gasteiger partial charge in [-0.2, -0.15) is 13.2 Å². The van der Waals surface area contributed by atoms with E-state index in [1.54, 1.807) is 19.2 Å². The number of alkyl halides is 3. The summed E-state index contributed by atoms with van der Waals surface area (Å²) in [6.07, 6.45) is -2.94. The van der Waals surface area contributed by atoms with Crippen LogP contribution in [0.3, 0.4) is 0 Å². The largest absolute Gasteiger partial charge is 0.493 e. The third kappa shape index (κ3) is 8.20. The topological polar surface area (TPSA) is 66.0 Å². The summed E-state index contributed by atoms with van der Waals surface area (Å²) in [7, 11) is 2.91. The summed E-state index contributed by atoms with van der Waals surface area (Å²) in [6.45, 7) is 1.54. The minimum absolute atomic E-state index is 0.00154. The lowest BCUT2D eigenvalue weighted by atomic mass is 10.1. The van der Waals surface area contributed by atoms with Crippen LogP contribution in [0.1, 0.15) is 30.9 Å². The number of aryl methyl sites for hydroxylation is 1. The van der Waals surface area contributed by atoms with Crippen LogP contribution in [0, 0.1) is 0 Å². The first-order valence-electron chi connectivity index (χ1n) is 10.2. The number of nitrogens with one attached hydrogen (secondary N) is 1. The van der Waals surface area contributed by atoms with Crippen LogP contribution in [-0.2, 0) is 17.8 Å². The van der Waals surface area contributed by atoms with Crippen molar-refractivity contribution in [1.29, 1.82) is 0 Å². The molecule has 0 aliphatic rings. The summed E-state index contributed by atoms with van der Waals surface area (Å²) in [5, 5.41) is 2.84. The molecule has 2 rings (SSSR count). The molecule has 32 heavy (non-hydrogen) atoms. The predicted molar refractivity (Wildman–Crippen MR) is 113 cm³/mol. The Morgan fingerprint density at radius 2 is 1.50 bits per heavy atom. The Kier molecular flexibility index (Phi) is 9.49. The van der Waals surface area contributed by atoms with Gasteiger partial charge in [0, 0.05) is 13.0 Å². The predicted octanol–water partition coefficient (Wildman–Crippen LogP) is 4.68. The van der Waals surface area contributed by atoms with Crippen molar-refractivity contribution in [2.24, 2.45) is 0 Å². The third-order valence-electron chi connectivity index (χ3n) is 4.44. The van der Waals surface area contributed by atoms with E-state index >= 15 is 0 Å². The van der Waals surface area contributed by atoms with Gasteiger partial charge in [-0.05, 0) is 48.2 Å². The molecule has 0 spiro atoms. The smallest absolute Gasteiger partial charge is 0.422 e. The molecule has 9 heteroatoms. The number of halogens is 3. The molecule has 0 saturated carbocycles. The van der Waals surface area contributed by atoms with E-state index in [1.165, 1.54) is 13.2 Å². The maximum atomic E-state index is 12.3.